The van der Waals surface area contributed by atoms with E-state index in [1.807, 2.05) is 43.5 Å². The van der Waals surface area contributed by atoms with Crippen LogP contribution in [0, 0.1) is 13.8 Å². The van der Waals surface area contributed by atoms with Gasteiger partial charge in [-0.3, -0.25) is 9.59 Å². The Morgan fingerprint density at radius 2 is 1.96 bits per heavy atom. The van der Waals surface area contributed by atoms with Crippen LogP contribution in [0.2, 0.25) is 5.02 Å². The highest BCUT2D eigenvalue weighted by atomic mass is 35.5. The van der Waals surface area contributed by atoms with Gasteiger partial charge in [0.15, 0.2) is 0 Å². The van der Waals surface area contributed by atoms with Crippen molar-refractivity contribution in [1.82, 2.24) is 4.57 Å². The van der Waals surface area contributed by atoms with Gasteiger partial charge in [-0.1, -0.05) is 29.3 Å². The number of aryl methyl sites for hydroxylation is 2. The van der Waals surface area contributed by atoms with Gasteiger partial charge >= 0.3 is 0 Å². The zero-order chi connectivity index (χ0) is 18.1. The van der Waals surface area contributed by atoms with Crippen molar-refractivity contribution >= 4 is 34.1 Å². The quantitative estimate of drug-likeness (QED) is 0.750. The highest BCUT2D eigenvalue weighted by Crippen LogP contribution is 2.23. The van der Waals surface area contributed by atoms with E-state index in [9.17, 15) is 9.59 Å². The second-order valence-electron chi connectivity index (χ2n) is 6.05. The van der Waals surface area contributed by atoms with E-state index >= 15 is 0 Å². The average molecular weight is 355 g/mol. The average Bonchev–Trinajstić information content (AvgIpc) is 2.59. The minimum atomic E-state index is -0.430. The van der Waals surface area contributed by atoms with Crippen molar-refractivity contribution in [3.05, 3.63) is 74.5 Å². The van der Waals surface area contributed by atoms with Crippen LogP contribution in [0.5, 0.6) is 0 Å². The van der Waals surface area contributed by atoms with Gasteiger partial charge in [0, 0.05) is 28.8 Å². The number of hydrogen-bond acceptors (Lipinski definition) is 2. The monoisotopic (exact) mass is 354 g/mol. The number of halogens is 1. The van der Waals surface area contributed by atoms with Crippen molar-refractivity contribution in [1.29, 1.82) is 0 Å². The largest absolute Gasteiger partial charge is 0.347 e. The molecule has 0 atom stereocenters. The van der Waals surface area contributed by atoms with Crippen molar-refractivity contribution in [3.8, 4) is 0 Å². The molecule has 0 unspecified atom stereocenters. The number of anilines is 1. The topological polar surface area (TPSA) is 51.1 Å². The van der Waals surface area contributed by atoms with Crippen molar-refractivity contribution in [2.75, 3.05) is 5.32 Å². The van der Waals surface area contributed by atoms with Crippen LogP contribution in [-0.2, 0) is 6.54 Å². The lowest BCUT2D eigenvalue weighted by molar-refractivity contribution is 0.102. The Labute approximate surface area is 151 Å². The molecule has 0 aliphatic heterocycles. The summed E-state index contributed by atoms with van der Waals surface area (Å²) >= 11 is 6.10. The molecule has 0 aliphatic carbocycles. The Balaban J connectivity index is 2.11. The first kappa shape index (κ1) is 17.2. The number of aromatic nitrogens is 1. The number of nitrogens with zero attached hydrogens (tertiary/aromatic N) is 1. The summed E-state index contributed by atoms with van der Waals surface area (Å²) in [5.74, 6) is -0.430. The first-order chi connectivity index (χ1) is 11.9. The Hall–Kier alpha value is -2.59. The molecule has 0 aliphatic rings. The van der Waals surface area contributed by atoms with Gasteiger partial charge in [-0.2, -0.15) is 0 Å². The fourth-order valence-corrected chi connectivity index (χ4v) is 3.04. The highest BCUT2D eigenvalue weighted by Gasteiger charge is 2.16. The summed E-state index contributed by atoms with van der Waals surface area (Å²) < 4.78 is 1.91. The third-order valence-electron chi connectivity index (χ3n) is 4.34. The molecule has 0 radical (unpaired) electrons. The van der Waals surface area contributed by atoms with Crippen LogP contribution in [0.1, 0.15) is 28.4 Å². The van der Waals surface area contributed by atoms with Gasteiger partial charge in [-0.05, 0) is 50.6 Å². The maximum absolute atomic E-state index is 12.8. The second-order valence-corrected chi connectivity index (χ2v) is 6.45. The van der Waals surface area contributed by atoms with Crippen LogP contribution in [0.15, 0.2) is 47.4 Å². The molecule has 3 aromatic rings. The molecule has 0 saturated heterocycles. The molecule has 1 amide bonds. The zero-order valence-corrected chi connectivity index (χ0v) is 15.1. The first-order valence-corrected chi connectivity index (χ1v) is 8.50. The standard InChI is InChI=1S/C20H19ClN2O2/c1-4-23-11-15(19(24)14-10-12(2)8-9-18(14)23)20(25)22-17-7-5-6-16(21)13(17)3/h5-11H,4H2,1-3H3,(H,22,25). The van der Waals surface area contributed by atoms with Crippen LogP contribution < -0.4 is 10.7 Å². The van der Waals surface area contributed by atoms with Crippen molar-refractivity contribution in [2.24, 2.45) is 0 Å². The molecule has 0 spiro atoms. The number of carbonyl (C=O) groups is 1. The molecular formula is C20H19ClN2O2. The highest BCUT2D eigenvalue weighted by molar-refractivity contribution is 6.31. The Morgan fingerprint density at radius 1 is 1.20 bits per heavy atom. The number of rotatable bonds is 3. The molecule has 0 fully saturated rings. The lowest BCUT2D eigenvalue weighted by Gasteiger charge is -2.13. The normalized spacial score (nSPS) is 10.9. The maximum Gasteiger partial charge on any atom is 0.261 e. The van der Waals surface area contributed by atoms with Crippen LogP contribution in [0.4, 0.5) is 5.69 Å². The first-order valence-electron chi connectivity index (χ1n) is 8.12. The third-order valence-corrected chi connectivity index (χ3v) is 4.75. The summed E-state index contributed by atoms with van der Waals surface area (Å²) in [6.45, 7) is 6.39. The van der Waals surface area contributed by atoms with Crippen LogP contribution >= 0.6 is 11.6 Å². The van der Waals surface area contributed by atoms with E-state index < -0.39 is 5.91 Å². The van der Waals surface area contributed by atoms with Crippen LogP contribution in [0.25, 0.3) is 10.9 Å². The molecule has 3 rings (SSSR count). The molecule has 5 heteroatoms. The van der Waals surface area contributed by atoms with E-state index in [-0.39, 0.29) is 11.0 Å². The molecule has 2 aromatic carbocycles. The molecule has 128 valence electrons. The van der Waals surface area contributed by atoms with Crippen LogP contribution in [0.3, 0.4) is 0 Å². The van der Waals surface area contributed by atoms with E-state index in [1.165, 1.54) is 0 Å². The number of fused-ring (bicyclic) bond motifs is 1. The predicted molar refractivity (Wildman–Crippen MR) is 103 cm³/mol. The molecule has 0 bridgehead atoms. The van der Waals surface area contributed by atoms with Gasteiger partial charge in [0.2, 0.25) is 5.43 Å². The van der Waals surface area contributed by atoms with E-state index in [4.69, 9.17) is 11.6 Å². The van der Waals surface area contributed by atoms with Gasteiger partial charge < -0.3 is 9.88 Å². The van der Waals surface area contributed by atoms with Crippen molar-refractivity contribution in [3.63, 3.8) is 0 Å². The van der Waals surface area contributed by atoms with E-state index in [2.05, 4.69) is 5.32 Å². The SMILES string of the molecule is CCn1cc(C(=O)Nc2cccc(Cl)c2C)c(=O)c2cc(C)ccc21. The Bertz CT molecular complexity index is 1040. The van der Waals surface area contributed by atoms with Gasteiger partial charge in [0.1, 0.15) is 5.56 Å². The van der Waals surface area contributed by atoms with Crippen molar-refractivity contribution in [2.45, 2.75) is 27.3 Å². The summed E-state index contributed by atoms with van der Waals surface area (Å²) in [7, 11) is 0. The Morgan fingerprint density at radius 3 is 2.68 bits per heavy atom. The summed E-state index contributed by atoms with van der Waals surface area (Å²) in [5, 5.41) is 3.92. The van der Waals surface area contributed by atoms with E-state index in [0.717, 1.165) is 16.6 Å². The minimum Gasteiger partial charge on any atom is -0.347 e. The number of hydrogen-bond donors (Lipinski definition) is 1. The molecule has 25 heavy (non-hydrogen) atoms. The van der Waals surface area contributed by atoms with Gasteiger partial charge in [-0.15, -0.1) is 0 Å². The van der Waals surface area contributed by atoms with Crippen molar-refractivity contribution < 1.29 is 4.79 Å². The fraction of sp³-hybridized carbons (Fsp3) is 0.200. The predicted octanol–water partition coefficient (Wildman–Crippen LogP) is 4.54. The van der Waals surface area contributed by atoms with Gasteiger partial charge in [0.25, 0.3) is 5.91 Å². The number of benzene rings is 2. The van der Waals surface area contributed by atoms with Gasteiger partial charge in [0.05, 0.1) is 5.52 Å². The summed E-state index contributed by atoms with van der Waals surface area (Å²) in [4.78, 5) is 25.6. The Kier molecular flexibility index (Phi) is 4.64. The molecule has 0 saturated carbocycles. The fourth-order valence-electron chi connectivity index (χ4n) is 2.87. The number of carbonyl (C=O) groups excluding carboxylic acids is 1. The van der Waals surface area contributed by atoms with E-state index in [1.54, 1.807) is 24.4 Å². The lowest BCUT2D eigenvalue weighted by atomic mass is 10.1. The number of amides is 1. The summed E-state index contributed by atoms with van der Waals surface area (Å²) in [5.41, 5.74) is 3.04. The second kappa shape index (κ2) is 6.73. The van der Waals surface area contributed by atoms with E-state index in [0.29, 0.717) is 22.6 Å². The maximum atomic E-state index is 12.8. The number of pyridine rings is 1. The zero-order valence-electron chi connectivity index (χ0n) is 14.4. The minimum absolute atomic E-state index is 0.124. The molecule has 1 aromatic heterocycles. The smallest absolute Gasteiger partial charge is 0.261 e. The molecule has 1 N–H and O–H groups in total. The molecule has 1 heterocycles. The summed E-state index contributed by atoms with van der Waals surface area (Å²) in [6.07, 6.45) is 1.62. The number of nitrogens with one attached hydrogen (secondary N) is 1. The molecule has 4 nitrogen and oxygen atoms in total. The molecular weight excluding hydrogens is 336 g/mol. The lowest BCUT2D eigenvalue weighted by Crippen LogP contribution is -2.24. The van der Waals surface area contributed by atoms with Gasteiger partial charge in [-0.25, -0.2) is 0 Å². The third kappa shape index (κ3) is 3.17. The summed E-state index contributed by atoms with van der Waals surface area (Å²) in [6, 6.07) is 11.0. The van der Waals surface area contributed by atoms with Crippen LogP contribution in [-0.4, -0.2) is 10.5 Å².